The number of carbonyl (C=O) groups excluding carboxylic acids is 1. The van der Waals surface area contributed by atoms with Gasteiger partial charge < -0.3 is 14.2 Å². The van der Waals surface area contributed by atoms with Gasteiger partial charge in [-0.15, -0.1) is 18.3 Å². The molecule has 192 valence electrons. The zero-order valence-electron chi connectivity index (χ0n) is 19.7. The van der Waals surface area contributed by atoms with Crippen LogP contribution in [0.25, 0.3) is 11.3 Å². The van der Waals surface area contributed by atoms with Gasteiger partial charge in [-0.25, -0.2) is 9.48 Å². The van der Waals surface area contributed by atoms with Crippen molar-refractivity contribution < 1.29 is 32.2 Å². The van der Waals surface area contributed by atoms with E-state index in [1.54, 1.807) is 30.8 Å². The third kappa shape index (κ3) is 6.79. The standard InChI is InChI=1S/C25H21F3N4O4S/c1-3-35-24(33)22-23(32(31-30-22)15-16-4-8-18(34-2)9-5-16)37-20-11-6-17(7-12-20)21-13-10-19(14-29-21)36-25(26,27)28/h4-14H,3,15H2,1-2H3. The molecule has 2 aromatic carbocycles. The molecule has 0 bridgehead atoms. The molecule has 0 atom stereocenters. The van der Waals surface area contributed by atoms with E-state index in [4.69, 9.17) is 9.47 Å². The summed E-state index contributed by atoms with van der Waals surface area (Å²) in [5.74, 6) is -0.248. The summed E-state index contributed by atoms with van der Waals surface area (Å²) in [7, 11) is 1.59. The summed E-state index contributed by atoms with van der Waals surface area (Å²) in [5.41, 5.74) is 2.21. The van der Waals surface area contributed by atoms with E-state index in [0.29, 0.717) is 22.8 Å². The van der Waals surface area contributed by atoms with Crippen molar-refractivity contribution in [3.8, 4) is 22.8 Å². The number of pyridine rings is 1. The van der Waals surface area contributed by atoms with Crippen molar-refractivity contribution in [2.45, 2.75) is 29.8 Å². The Morgan fingerprint density at radius 2 is 1.70 bits per heavy atom. The van der Waals surface area contributed by atoms with Gasteiger partial charge in [-0.05, 0) is 48.9 Å². The van der Waals surface area contributed by atoms with Crippen LogP contribution in [0.15, 0.2) is 76.8 Å². The van der Waals surface area contributed by atoms with Gasteiger partial charge in [0, 0.05) is 10.5 Å². The second kappa shape index (κ2) is 11.3. The molecule has 0 radical (unpaired) electrons. The highest BCUT2D eigenvalue weighted by atomic mass is 32.2. The molecule has 4 aromatic rings. The molecule has 4 rings (SSSR count). The molecule has 0 N–H and O–H groups in total. The Morgan fingerprint density at radius 1 is 1.00 bits per heavy atom. The van der Waals surface area contributed by atoms with E-state index in [0.717, 1.165) is 22.4 Å². The molecule has 0 aliphatic carbocycles. The molecule has 12 heteroatoms. The van der Waals surface area contributed by atoms with Crippen LogP contribution in [0.2, 0.25) is 0 Å². The van der Waals surface area contributed by atoms with Crippen LogP contribution in [0.5, 0.6) is 11.5 Å². The van der Waals surface area contributed by atoms with Crippen LogP contribution in [0.1, 0.15) is 23.0 Å². The van der Waals surface area contributed by atoms with Crippen molar-refractivity contribution in [2.75, 3.05) is 13.7 Å². The average molecular weight is 531 g/mol. The highest BCUT2D eigenvalue weighted by Crippen LogP contribution is 2.32. The number of methoxy groups -OCH3 is 1. The molecule has 37 heavy (non-hydrogen) atoms. The predicted molar refractivity (Wildman–Crippen MR) is 129 cm³/mol. The van der Waals surface area contributed by atoms with E-state index in [1.165, 1.54) is 23.9 Å². The Labute approximate surface area is 214 Å². The van der Waals surface area contributed by atoms with Gasteiger partial charge in [-0.1, -0.05) is 41.2 Å². The number of ether oxygens (including phenoxy) is 3. The molecular weight excluding hydrogens is 509 g/mol. The second-order valence-corrected chi connectivity index (χ2v) is 8.59. The highest BCUT2D eigenvalue weighted by Gasteiger charge is 2.31. The summed E-state index contributed by atoms with van der Waals surface area (Å²) in [5, 5.41) is 8.72. The fourth-order valence-electron chi connectivity index (χ4n) is 3.29. The predicted octanol–water partition coefficient (Wildman–Crippen LogP) is 5.62. The molecule has 0 spiro atoms. The Bertz CT molecular complexity index is 1340. The van der Waals surface area contributed by atoms with Crippen LogP contribution >= 0.6 is 11.8 Å². The van der Waals surface area contributed by atoms with Crippen molar-refractivity contribution in [1.29, 1.82) is 0 Å². The summed E-state index contributed by atoms with van der Waals surface area (Å²) in [6.45, 7) is 2.27. The number of esters is 1. The molecule has 0 fully saturated rings. The lowest BCUT2D eigenvalue weighted by atomic mass is 10.1. The van der Waals surface area contributed by atoms with Crippen LogP contribution in [-0.4, -0.2) is 46.0 Å². The van der Waals surface area contributed by atoms with Crippen molar-refractivity contribution in [3.63, 3.8) is 0 Å². The number of hydrogen-bond acceptors (Lipinski definition) is 8. The van der Waals surface area contributed by atoms with Crippen LogP contribution in [-0.2, 0) is 11.3 Å². The van der Waals surface area contributed by atoms with E-state index >= 15 is 0 Å². The molecule has 0 aliphatic heterocycles. The van der Waals surface area contributed by atoms with Crippen LogP contribution in [0, 0.1) is 0 Å². The van der Waals surface area contributed by atoms with Crippen LogP contribution in [0.3, 0.4) is 0 Å². The lowest BCUT2D eigenvalue weighted by molar-refractivity contribution is -0.274. The maximum Gasteiger partial charge on any atom is 0.573 e. The van der Waals surface area contributed by atoms with Crippen molar-refractivity contribution in [2.24, 2.45) is 0 Å². The zero-order valence-corrected chi connectivity index (χ0v) is 20.5. The van der Waals surface area contributed by atoms with Crippen LogP contribution < -0.4 is 9.47 Å². The fourth-order valence-corrected chi connectivity index (χ4v) is 4.21. The van der Waals surface area contributed by atoms with Crippen molar-refractivity contribution in [3.05, 3.63) is 78.1 Å². The Morgan fingerprint density at radius 3 is 2.30 bits per heavy atom. The maximum absolute atomic E-state index is 12.5. The number of benzene rings is 2. The number of alkyl halides is 3. The first-order chi connectivity index (χ1) is 17.8. The topological polar surface area (TPSA) is 88.4 Å². The Balaban J connectivity index is 1.55. The van der Waals surface area contributed by atoms with Gasteiger partial charge in [0.05, 0.1) is 32.2 Å². The number of rotatable bonds is 9. The van der Waals surface area contributed by atoms with E-state index in [1.807, 2.05) is 36.4 Å². The minimum Gasteiger partial charge on any atom is -0.497 e. The number of halogens is 3. The number of hydrogen-bond donors (Lipinski definition) is 0. The summed E-state index contributed by atoms with van der Waals surface area (Å²) in [6.07, 6.45) is -3.76. The summed E-state index contributed by atoms with van der Waals surface area (Å²) in [4.78, 5) is 17.3. The smallest absolute Gasteiger partial charge is 0.497 e. The molecule has 0 amide bonds. The van der Waals surface area contributed by atoms with Crippen molar-refractivity contribution in [1.82, 2.24) is 20.0 Å². The third-order valence-electron chi connectivity index (χ3n) is 4.98. The summed E-state index contributed by atoms with van der Waals surface area (Å²) >= 11 is 1.29. The van der Waals surface area contributed by atoms with Gasteiger partial charge in [0.25, 0.3) is 0 Å². The Hall–Kier alpha value is -4.06. The third-order valence-corrected chi connectivity index (χ3v) is 6.09. The number of nitrogens with zero attached hydrogens (tertiary/aromatic N) is 4. The second-order valence-electron chi connectivity index (χ2n) is 7.52. The van der Waals surface area contributed by atoms with E-state index in [-0.39, 0.29) is 12.3 Å². The zero-order chi connectivity index (χ0) is 26.4. The minimum absolute atomic E-state index is 0.103. The van der Waals surface area contributed by atoms with Gasteiger partial charge in [-0.3, -0.25) is 4.98 Å². The largest absolute Gasteiger partial charge is 0.573 e. The monoisotopic (exact) mass is 530 g/mol. The van der Waals surface area contributed by atoms with Gasteiger partial charge in [-0.2, -0.15) is 0 Å². The molecule has 2 heterocycles. The number of aromatic nitrogens is 4. The SMILES string of the molecule is CCOC(=O)c1nnn(Cc2ccc(OC)cc2)c1Sc1ccc(-c2ccc(OC(F)(F)F)cn2)cc1. The van der Waals surface area contributed by atoms with Crippen LogP contribution in [0.4, 0.5) is 13.2 Å². The first-order valence-electron chi connectivity index (χ1n) is 11.0. The summed E-state index contributed by atoms with van der Waals surface area (Å²) < 4.78 is 52.9. The average Bonchev–Trinajstić information content (AvgIpc) is 3.26. The molecule has 0 saturated carbocycles. The molecule has 0 aliphatic rings. The first kappa shape index (κ1) is 26.0. The highest BCUT2D eigenvalue weighted by molar-refractivity contribution is 7.99. The lowest BCUT2D eigenvalue weighted by Crippen LogP contribution is -2.17. The normalized spacial score (nSPS) is 11.3. The molecule has 8 nitrogen and oxygen atoms in total. The van der Waals surface area contributed by atoms with Gasteiger partial charge in [0.1, 0.15) is 16.5 Å². The lowest BCUT2D eigenvalue weighted by Gasteiger charge is -2.10. The molecule has 0 saturated heterocycles. The quantitative estimate of drug-likeness (QED) is 0.258. The fraction of sp³-hybridized carbons (Fsp3) is 0.200. The Kier molecular flexibility index (Phi) is 7.97. The van der Waals surface area contributed by atoms with E-state index < -0.39 is 18.1 Å². The maximum atomic E-state index is 12.5. The van der Waals surface area contributed by atoms with Gasteiger partial charge in [0.15, 0.2) is 0 Å². The molecule has 2 aromatic heterocycles. The molecule has 0 unspecified atom stereocenters. The molecular formula is C25H21F3N4O4S. The first-order valence-corrected chi connectivity index (χ1v) is 11.8. The van der Waals surface area contributed by atoms with Crippen molar-refractivity contribution >= 4 is 17.7 Å². The van der Waals surface area contributed by atoms with Gasteiger partial charge in [0.2, 0.25) is 5.69 Å². The van der Waals surface area contributed by atoms with Gasteiger partial charge >= 0.3 is 12.3 Å². The van der Waals surface area contributed by atoms with E-state index in [2.05, 4.69) is 20.0 Å². The summed E-state index contributed by atoms with van der Waals surface area (Å²) in [6, 6.07) is 17.3. The van der Waals surface area contributed by atoms with E-state index in [9.17, 15) is 18.0 Å². The number of carbonyl (C=O) groups is 1. The minimum atomic E-state index is -4.78.